The first-order valence-electron chi connectivity index (χ1n) is 5.59. The van der Waals surface area contributed by atoms with Crippen molar-refractivity contribution in [3.63, 3.8) is 0 Å². The maximum absolute atomic E-state index is 12.4. The molecule has 0 saturated carbocycles. The summed E-state index contributed by atoms with van der Waals surface area (Å²) in [5.41, 5.74) is 5.64. The van der Waals surface area contributed by atoms with Crippen molar-refractivity contribution in [3.05, 3.63) is 24.3 Å². The van der Waals surface area contributed by atoms with Gasteiger partial charge in [-0.25, -0.2) is 8.42 Å². The molecule has 0 bridgehead atoms. The lowest BCUT2D eigenvalue weighted by molar-refractivity contribution is -0.136. The third kappa shape index (κ3) is 4.39. The van der Waals surface area contributed by atoms with Crippen LogP contribution in [0.15, 0.2) is 29.2 Å². The van der Waals surface area contributed by atoms with Gasteiger partial charge in [0.05, 0.1) is 4.90 Å². The number of nitrogens with zero attached hydrogens (tertiary/aromatic N) is 1. The van der Waals surface area contributed by atoms with Crippen LogP contribution < -0.4 is 5.73 Å². The van der Waals surface area contributed by atoms with Crippen LogP contribution in [0.2, 0.25) is 0 Å². The van der Waals surface area contributed by atoms with Crippen LogP contribution in [0.1, 0.15) is 13.3 Å². The van der Waals surface area contributed by atoms with Crippen LogP contribution in [0.4, 0.5) is 18.9 Å². The van der Waals surface area contributed by atoms with Crippen LogP contribution in [0.3, 0.4) is 0 Å². The molecule has 0 heterocycles. The summed E-state index contributed by atoms with van der Waals surface area (Å²) in [4.78, 5) is -0.231. The van der Waals surface area contributed by atoms with Crippen molar-refractivity contribution in [3.8, 4) is 0 Å². The zero-order valence-corrected chi connectivity index (χ0v) is 11.1. The average molecular weight is 296 g/mol. The first-order chi connectivity index (χ1) is 8.66. The van der Waals surface area contributed by atoms with E-state index >= 15 is 0 Å². The fourth-order valence-corrected chi connectivity index (χ4v) is 3.13. The molecule has 108 valence electrons. The summed E-state index contributed by atoms with van der Waals surface area (Å²) in [6.07, 6.45) is -4.29. The van der Waals surface area contributed by atoms with Crippen molar-refractivity contribution in [2.24, 2.45) is 0 Å². The molecule has 0 saturated heterocycles. The minimum atomic E-state index is -4.58. The number of halogens is 3. The molecule has 0 aliphatic heterocycles. The summed E-state index contributed by atoms with van der Waals surface area (Å²) in [7, 11) is -4.19. The second-order valence-corrected chi connectivity index (χ2v) is 5.96. The maximum atomic E-state index is 12.4. The second kappa shape index (κ2) is 5.79. The van der Waals surface area contributed by atoms with Gasteiger partial charge in [-0.15, -0.1) is 0 Å². The Kier molecular flexibility index (Phi) is 4.81. The fourth-order valence-electron chi connectivity index (χ4n) is 1.56. The van der Waals surface area contributed by atoms with Gasteiger partial charge in [0.2, 0.25) is 10.0 Å². The SMILES string of the molecule is CCCN(CC(F)(F)F)S(=O)(=O)c1cccc(N)c1. The zero-order chi connectivity index (χ0) is 14.7. The molecule has 19 heavy (non-hydrogen) atoms. The van der Waals surface area contributed by atoms with Gasteiger partial charge < -0.3 is 5.73 Å². The van der Waals surface area contributed by atoms with Crippen LogP contribution in [-0.2, 0) is 10.0 Å². The molecule has 0 spiro atoms. The van der Waals surface area contributed by atoms with E-state index in [1.165, 1.54) is 18.2 Å². The summed E-state index contributed by atoms with van der Waals surface area (Å²) in [5, 5.41) is 0. The number of hydrogen-bond donors (Lipinski definition) is 1. The molecule has 2 N–H and O–H groups in total. The highest BCUT2D eigenvalue weighted by atomic mass is 32.2. The Morgan fingerprint density at radius 1 is 1.32 bits per heavy atom. The molecule has 0 radical (unpaired) electrons. The molecule has 1 aromatic carbocycles. The highest BCUT2D eigenvalue weighted by molar-refractivity contribution is 7.89. The van der Waals surface area contributed by atoms with E-state index in [1.54, 1.807) is 6.92 Å². The van der Waals surface area contributed by atoms with E-state index in [4.69, 9.17) is 5.73 Å². The lowest BCUT2D eigenvalue weighted by Gasteiger charge is -2.23. The highest BCUT2D eigenvalue weighted by Gasteiger charge is 2.36. The van der Waals surface area contributed by atoms with Gasteiger partial charge in [0.25, 0.3) is 0 Å². The molecule has 0 aliphatic carbocycles. The Bertz CT molecular complexity index is 529. The number of sulfonamides is 1. The monoisotopic (exact) mass is 296 g/mol. The van der Waals surface area contributed by atoms with Crippen molar-refractivity contribution in [2.75, 3.05) is 18.8 Å². The van der Waals surface area contributed by atoms with Crippen LogP contribution in [0.25, 0.3) is 0 Å². The molecule has 1 rings (SSSR count). The Morgan fingerprint density at radius 3 is 2.42 bits per heavy atom. The predicted octanol–water partition coefficient (Wildman–Crippen LogP) is 2.23. The molecule has 0 aliphatic rings. The van der Waals surface area contributed by atoms with E-state index in [0.29, 0.717) is 4.31 Å². The maximum Gasteiger partial charge on any atom is 0.402 e. The third-order valence-electron chi connectivity index (χ3n) is 2.32. The number of benzene rings is 1. The minimum absolute atomic E-state index is 0.185. The highest BCUT2D eigenvalue weighted by Crippen LogP contribution is 2.23. The van der Waals surface area contributed by atoms with E-state index in [2.05, 4.69) is 0 Å². The van der Waals surface area contributed by atoms with E-state index in [-0.39, 0.29) is 23.5 Å². The van der Waals surface area contributed by atoms with E-state index in [1.807, 2.05) is 0 Å². The predicted molar refractivity (Wildman–Crippen MR) is 66.0 cm³/mol. The second-order valence-electron chi connectivity index (χ2n) is 4.03. The lowest BCUT2D eigenvalue weighted by Crippen LogP contribution is -2.39. The molecule has 0 atom stereocenters. The zero-order valence-electron chi connectivity index (χ0n) is 10.3. The van der Waals surface area contributed by atoms with Gasteiger partial charge in [-0.3, -0.25) is 0 Å². The molecule has 0 fully saturated rings. The van der Waals surface area contributed by atoms with Crippen LogP contribution in [-0.4, -0.2) is 32.0 Å². The number of nitrogen functional groups attached to an aromatic ring is 1. The number of hydrogen-bond acceptors (Lipinski definition) is 3. The molecule has 0 unspecified atom stereocenters. The first kappa shape index (κ1) is 15.8. The normalized spacial score (nSPS) is 12.9. The van der Waals surface area contributed by atoms with Crippen LogP contribution >= 0.6 is 0 Å². The van der Waals surface area contributed by atoms with Crippen LogP contribution in [0.5, 0.6) is 0 Å². The van der Waals surface area contributed by atoms with Gasteiger partial charge in [0.15, 0.2) is 0 Å². The van der Waals surface area contributed by atoms with E-state index in [9.17, 15) is 21.6 Å². The van der Waals surface area contributed by atoms with Gasteiger partial charge in [-0.05, 0) is 24.6 Å². The lowest BCUT2D eigenvalue weighted by atomic mass is 10.3. The minimum Gasteiger partial charge on any atom is -0.399 e. The molecule has 0 aromatic heterocycles. The summed E-state index contributed by atoms with van der Waals surface area (Å²) >= 11 is 0. The molecule has 1 aromatic rings. The third-order valence-corrected chi connectivity index (χ3v) is 4.17. The van der Waals surface area contributed by atoms with Gasteiger partial charge in [0.1, 0.15) is 6.54 Å². The quantitative estimate of drug-likeness (QED) is 0.848. The Labute approximate surface area is 110 Å². The standard InChI is InChI=1S/C11H15F3N2O2S/c1-2-6-16(8-11(12,13)14)19(17,18)10-5-3-4-9(15)7-10/h3-5,7H,2,6,8,15H2,1H3. The largest absolute Gasteiger partial charge is 0.402 e. The van der Waals surface area contributed by atoms with Gasteiger partial charge in [0, 0.05) is 12.2 Å². The molecule has 4 nitrogen and oxygen atoms in total. The average Bonchev–Trinajstić information content (AvgIpc) is 2.26. The van der Waals surface area contributed by atoms with Gasteiger partial charge in [-0.1, -0.05) is 13.0 Å². The summed E-state index contributed by atoms with van der Waals surface area (Å²) < 4.78 is 61.9. The number of nitrogens with two attached hydrogens (primary N) is 1. The molecular weight excluding hydrogens is 281 g/mol. The Morgan fingerprint density at radius 2 is 1.95 bits per heavy atom. The number of alkyl halides is 3. The van der Waals surface area contributed by atoms with Gasteiger partial charge in [-0.2, -0.15) is 17.5 Å². The van der Waals surface area contributed by atoms with Gasteiger partial charge >= 0.3 is 6.18 Å². The van der Waals surface area contributed by atoms with E-state index in [0.717, 1.165) is 6.07 Å². The Hall–Kier alpha value is -1.28. The smallest absolute Gasteiger partial charge is 0.399 e. The summed E-state index contributed by atoms with van der Waals surface area (Å²) in [6, 6.07) is 5.23. The number of anilines is 1. The van der Waals surface area contributed by atoms with Crippen LogP contribution in [0, 0.1) is 0 Å². The molecule has 8 heteroatoms. The first-order valence-corrected chi connectivity index (χ1v) is 7.03. The van der Waals surface area contributed by atoms with Crippen molar-refractivity contribution < 1.29 is 21.6 Å². The van der Waals surface area contributed by atoms with Crippen molar-refractivity contribution in [1.29, 1.82) is 0 Å². The fraction of sp³-hybridized carbons (Fsp3) is 0.455. The molecular formula is C11H15F3N2O2S. The number of rotatable bonds is 5. The Balaban J connectivity index is 3.13. The summed E-state index contributed by atoms with van der Waals surface area (Å²) in [6.45, 7) is -0.0904. The van der Waals surface area contributed by atoms with Crippen molar-refractivity contribution >= 4 is 15.7 Å². The van der Waals surface area contributed by atoms with E-state index < -0.39 is 22.7 Å². The summed E-state index contributed by atoms with van der Waals surface area (Å²) in [5.74, 6) is 0. The van der Waals surface area contributed by atoms with Crippen molar-refractivity contribution in [2.45, 2.75) is 24.4 Å². The van der Waals surface area contributed by atoms with Crippen molar-refractivity contribution in [1.82, 2.24) is 4.31 Å². The molecule has 0 amide bonds. The topological polar surface area (TPSA) is 63.4 Å².